The van der Waals surface area contributed by atoms with E-state index in [-0.39, 0.29) is 4.90 Å². The Morgan fingerprint density at radius 2 is 2.37 bits per heavy atom. The Morgan fingerprint density at radius 1 is 1.58 bits per heavy atom. The molecule has 104 valence electrons. The quantitative estimate of drug-likeness (QED) is 0.732. The first-order chi connectivity index (χ1) is 13.7. The predicted octanol–water partition coefficient (Wildman–Crippen LogP) is 1.74. The number of fused-ring (bicyclic) bond motifs is 1. The largest absolute Gasteiger partial charge is 0.524 e. The first-order valence-electron chi connectivity index (χ1n) is 10.8. The number of aromatic amines is 1. The molecular weight excluding hydrogens is 267 g/mol. The van der Waals surface area contributed by atoms with E-state index in [0.29, 0.717) is 0 Å². The number of phosphoric acid groups is 1. The number of phosphoric ester groups is 1. The Hall–Kier alpha value is -1.33. The Labute approximate surface area is 128 Å². The molecule has 19 heavy (non-hydrogen) atoms. The van der Waals surface area contributed by atoms with Crippen LogP contribution >= 0.6 is 7.82 Å². The van der Waals surface area contributed by atoms with Crippen LogP contribution in [-0.4, -0.2) is 40.1 Å². The van der Waals surface area contributed by atoms with E-state index in [9.17, 15) is 4.57 Å². The fraction of sp³-hybridized carbons (Fsp3) is 0.333. The van der Waals surface area contributed by atoms with Crippen molar-refractivity contribution in [1.82, 2.24) is 9.88 Å². The summed E-state index contributed by atoms with van der Waals surface area (Å²) in [5.41, 5.74) is -0.890. The van der Waals surface area contributed by atoms with Crippen LogP contribution in [0.5, 0.6) is 5.75 Å². The summed E-state index contributed by atoms with van der Waals surface area (Å²) in [6, 6.07) is -2.41. The van der Waals surface area contributed by atoms with Gasteiger partial charge in [-0.25, -0.2) is 4.57 Å². The number of nitrogens with one attached hydrogen (secondary N) is 1. The monoisotopic (exact) mass is 296 g/mol. The third-order valence-corrected chi connectivity index (χ3v) is 2.53. The second-order valence-corrected chi connectivity index (χ2v) is 4.60. The number of H-pyrrole nitrogens is 1. The average molecular weight is 296 g/mol. The van der Waals surface area contributed by atoms with E-state index in [1.54, 1.807) is 0 Å². The third-order valence-electron chi connectivity index (χ3n) is 2.10. The van der Waals surface area contributed by atoms with Crippen molar-refractivity contribution in [2.75, 3.05) is 20.4 Å². The van der Waals surface area contributed by atoms with Crippen LogP contribution in [0.2, 0.25) is 0 Å². The van der Waals surface area contributed by atoms with E-state index in [2.05, 4.69) is 9.51 Å². The third kappa shape index (κ3) is 3.58. The van der Waals surface area contributed by atoms with Gasteiger partial charge in [0.05, 0.1) is 5.48 Å². The first-order valence-corrected chi connectivity index (χ1v) is 6.38. The topological polar surface area (TPSA) is 85.8 Å². The summed E-state index contributed by atoms with van der Waals surface area (Å²) in [6.07, 6.45) is -1.75. The van der Waals surface area contributed by atoms with Crippen LogP contribution in [0.25, 0.3) is 10.9 Å². The number of aryl methyl sites for hydroxylation is 1. The van der Waals surface area contributed by atoms with Crippen molar-refractivity contribution < 1.29 is 35.3 Å². The van der Waals surface area contributed by atoms with E-state index in [1.165, 1.54) is 0 Å². The van der Waals surface area contributed by atoms with Gasteiger partial charge in [-0.2, -0.15) is 0 Å². The maximum atomic E-state index is 11.4. The molecule has 7 heteroatoms. The number of likely N-dealkylation sites (N-methyl/N-ethyl adjacent to an activating group) is 1. The van der Waals surface area contributed by atoms with Crippen molar-refractivity contribution in [2.45, 2.75) is 6.42 Å². The van der Waals surface area contributed by atoms with Crippen LogP contribution in [0.4, 0.5) is 0 Å². The lowest BCUT2D eigenvalue weighted by Gasteiger charge is -2.11. The second-order valence-electron chi connectivity index (χ2n) is 3.43. The zero-order chi connectivity index (χ0) is 24.3. The van der Waals surface area contributed by atoms with Crippen molar-refractivity contribution in [3.05, 3.63) is 29.9 Å². The highest BCUT2D eigenvalue weighted by molar-refractivity contribution is 7.46. The highest BCUT2D eigenvalue weighted by Crippen LogP contribution is 2.41. The lowest BCUT2D eigenvalue weighted by molar-refractivity contribution is 0.284. The summed E-state index contributed by atoms with van der Waals surface area (Å²) in [5, 5.41) is -0.515. The number of aromatic nitrogens is 1. The average Bonchev–Trinajstić information content (AvgIpc) is 2.81. The van der Waals surface area contributed by atoms with Crippen molar-refractivity contribution in [2.24, 2.45) is 0 Å². The zero-order valence-corrected chi connectivity index (χ0v) is 10.2. The summed E-state index contributed by atoms with van der Waals surface area (Å²) in [6.45, 7) is -10.0. The standard InChI is InChI=1S/C12H17N2O4P/c1-14(2)7-6-9-8-13-10-4-3-5-11(12(9)10)18-19(15,16)17/h3-5,8,13H,6-7H2,1-2H3,(H2,15,16,17)/i1D3,2D3,3D,4D,5D,7D2,8D. The normalized spacial score (nSPS) is 23.5. The summed E-state index contributed by atoms with van der Waals surface area (Å²) in [5.74, 6) is -0.931. The van der Waals surface area contributed by atoms with Crippen LogP contribution in [0.15, 0.2) is 24.3 Å². The maximum absolute atomic E-state index is 11.4. The molecule has 0 bridgehead atoms. The van der Waals surface area contributed by atoms with E-state index < -0.39 is 81.2 Å². The van der Waals surface area contributed by atoms with Crippen LogP contribution in [0, 0.1) is 0 Å². The van der Waals surface area contributed by atoms with Crippen molar-refractivity contribution >= 4 is 18.7 Å². The molecule has 2 aromatic rings. The maximum Gasteiger partial charge on any atom is 0.524 e. The number of hydrogen-bond acceptors (Lipinski definition) is 3. The summed E-state index contributed by atoms with van der Waals surface area (Å²) < 4.78 is 108. The highest BCUT2D eigenvalue weighted by atomic mass is 31.2. The van der Waals surface area contributed by atoms with E-state index in [1.807, 2.05) is 0 Å². The van der Waals surface area contributed by atoms with Crippen LogP contribution in [0.3, 0.4) is 0 Å². The minimum absolute atomic E-state index is 0.364. The van der Waals surface area contributed by atoms with Gasteiger partial charge in [0, 0.05) is 34.5 Å². The number of hydrogen-bond donors (Lipinski definition) is 3. The Bertz CT molecular complexity index is 1040. The summed E-state index contributed by atoms with van der Waals surface area (Å²) >= 11 is 0. The van der Waals surface area contributed by atoms with Gasteiger partial charge in [0.15, 0.2) is 0 Å². The number of nitrogens with zero attached hydrogens (tertiary/aromatic N) is 1. The zero-order valence-electron chi connectivity index (χ0n) is 21.3. The molecule has 0 aliphatic carbocycles. The van der Waals surface area contributed by atoms with E-state index in [0.717, 1.165) is 0 Å². The molecule has 2 rings (SSSR count). The van der Waals surface area contributed by atoms with Gasteiger partial charge in [0.2, 0.25) is 0 Å². The molecule has 0 aliphatic rings. The van der Waals surface area contributed by atoms with Crippen LogP contribution in [0.1, 0.15) is 22.0 Å². The Balaban J connectivity index is 2.82. The summed E-state index contributed by atoms with van der Waals surface area (Å²) in [7, 11) is -5.31. The highest BCUT2D eigenvalue weighted by Gasteiger charge is 2.19. The Morgan fingerprint density at radius 3 is 3.05 bits per heavy atom. The van der Waals surface area contributed by atoms with Crippen molar-refractivity contribution in [3.8, 4) is 5.75 Å². The molecule has 1 heterocycles. The molecule has 0 saturated carbocycles. The molecule has 0 spiro atoms. The predicted molar refractivity (Wildman–Crippen MR) is 73.2 cm³/mol. The van der Waals surface area contributed by atoms with Crippen LogP contribution < -0.4 is 4.52 Å². The molecule has 0 atom stereocenters. The van der Waals surface area contributed by atoms with Gasteiger partial charge in [0.1, 0.15) is 5.75 Å². The van der Waals surface area contributed by atoms with Gasteiger partial charge in [-0.15, -0.1) is 0 Å². The van der Waals surface area contributed by atoms with Gasteiger partial charge in [-0.05, 0) is 38.0 Å². The lowest BCUT2D eigenvalue weighted by atomic mass is 10.1. The molecule has 0 amide bonds. The smallest absolute Gasteiger partial charge is 0.404 e. The molecule has 0 radical (unpaired) electrons. The summed E-state index contributed by atoms with van der Waals surface area (Å²) in [4.78, 5) is 20.3. The Kier molecular flexibility index (Phi) is 1.47. The van der Waals surface area contributed by atoms with Crippen molar-refractivity contribution in [3.63, 3.8) is 0 Å². The van der Waals surface area contributed by atoms with Gasteiger partial charge >= 0.3 is 7.82 Å². The van der Waals surface area contributed by atoms with Gasteiger partial charge in [-0.3, -0.25) is 9.79 Å². The van der Waals surface area contributed by atoms with Gasteiger partial charge in [-0.1, -0.05) is 6.04 Å². The molecule has 0 saturated heterocycles. The van der Waals surface area contributed by atoms with E-state index in [4.69, 9.17) is 26.2 Å². The van der Waals surface area contributed by atoms with Crippen molar-refractivity contribution in [1.29, 1.82) is 0 Å². The molecule has 0 fully saturated rings. The molecule has 6 nitrogen and oxygen atoms in total. The molecule has 3 N–H and O–H groups in total. The minimum atomic E-state index is -5.31. The molecule has 1 aromatic carbocycles. The number of rotatable bonds is 5. The van der Waals surface area contributed by atoms with Gasteiger partial charge in [0.25, 0.3) is 0 Å². The van der Waals surface area contributed by atoms with E-state index >= 15 is 0 Å². The lowest BCUT2D eigenvalue weighted by Crippen LogP contribution is -2.14. The van der Waals surface area contributed by atoms with Gasteiger partial charge < -0.3 is 14.4 Å². The second kappa shape index (κ2) is 5.35. The fourth-order valence-corrected chi connectivity index (χ4v) is 1.82. The molecular formula is C12H17N2O4P. The van der Waals surface area contributed by atoms with Crippen LogP contribution in [-0.2, 0) is 11.0 Å². The molecule has 1 aromatic heterocycles. The fourth-order valence-electron chi connectivity index (χ4n) is 1.45. The molecule has 0 unspecified atom stereocenters. The minimum Gasteiger partial charge on any atom is -0.404 e. The SMILES string of the molecule is [2H]c1[nH]c2c([2H])c([2H])c([2H])c(OP(=O)(O)O)c2c1CC([2H])([2H])N(C([2H])([2H])[2H])C([2H])([2H])[2H]. The first kappa shape index (κ1) is 5.22. The molecule has 0 aliphatic heterocycles. The number of benzene rings is 1.